The molecule has 2 saturated heterocycles. The fourth-order valence-corrected chi connectivity index (χ4v) is 3.85. The summed E-state index contributed by atoms with van der Waals surface area (Å²) in [6.07, 6.45) is -0.586. The zero-order valence-corrected chi connectivity index (χ0v) is 18.4. The van der Waals surface area contributed by atoms with Crippen molar-refractivity contribution >= 4 is 35.1 Å². The van der Waals surface area contributed by atoms with Gasteiger partial charge in [-0.25, -0.2) is 4.79 Å². The highest BCUT2D eigenvalue weighted by Crippen LogP contribution is 2.25. The molecule has 3 amide bonds. The molecule has 0 saturated carbocycles. The second-order valence-electron chi connectivity index (χ2n) is 7.74. The number of esters is 1. The molecule has 0 aromatic heterocycles. The van der Waals surface area contributed by atoms with Gasteiger partial charge in [-0.3, -0.25) is 24.3 Å². The number of nitrogens with one attached hydrogen (secondary N) is 2. The number of carbonyl (C=O) groups is 4. The highest BCUT2D eigenvalue weighted by atomic mass is 16.5. The Morgan fingerprint density at radius 1 is 1.03 bits per heavy atom. The van der Waals surface area contributed by atoms with E-state index in [4.69, 9.17) is 4.74 Å². The van der Waals surface area contributed by atoms with Crippen LogP contribution < -0.4 is 15.6 Å². The number of carbonyl (C=O) groups excluding carboxylic acids is 4. The van der Waals surface area contributed by atoms with Crippen molar-refractivity contribution < 1.29 is 23.9 Å². The SMILES string of the molecule is CCOC(=O)c1ccccc1NC(=O)CN1NC2N(CCN2c2ccc(C)cc2)C(=O)C1=O. The number of fused-ring (bicyclic) bond motifs is 1. The lowest BCUT2D eigenvalue weighted by atomic mass is 10.2. The van der Waals surface area contributed by atoms with E-state index in [2.05, 4.69) is 10.7 Å². The number of para-hydroxylation sites is 1. The number of nitrogens with zero attached hydrogens (tertiary/aromatic N) is 3. The Bertz CT molecular complexity index is 1090. The number of hydrogen-bond acceptors (Lipinski definition) is 7. The molecule has 2 heterocycles. The van der Waals surface area contributed by atoms with E-state index in [1.165, 1.54) is 11.0 Å². The summed E-state index contributed by atoms with van der Waals surface area (Å²) in [7, 11) is 0. The molecule has 0 spiro atoms. The Balaban J connectivity index is 1.48. The third-order valence-electron chi connectivity index (χ3n) is 5.50. The van der Waals surface area contributed by atoms with Crippen LogP contribution in [0.1, 0.15) is 22.8 Å². The summed E-state index contributed by atoms with van der Waals surface area (Å²) in [6, 6.07) is 14.3. The van der Waals surface area contributed by atoms with Gasteiger partial charge in [-0.05, 0) is 38.1 Å². The molecule has 2 aromatic rings. The zero-order chi connectivity index (χ0) is 23.5. The van der Waals surface area contributed by atoms with Crippen LogP contribution in [0.2, 0.25) is 0 Å². The fraction of sp³-hybridized carbons (Fsp3) is 0.304. The smallest absolute Gasteiger partial charge is 0.340 e. The minimum absolute atomic E-state index is 0.199. The van der Waals surface area contributed by atoms with E-state index < -0.39 is 36.5 Å². The molecule has 2 fully saturated rings. The third-order valence-corrected chi connectivity index (χ3v) is 5.50. The van der Waals surface area contributed by atoms with Gasteiger partial charge in [-0.15, -0.1) is 0 Å². The van der Waals surface area contributed by atoms with E-state index in [1.807, 2.05) is 36.1 Å². The Morgan fingerprint density at radius 2 is 1.73 bits per heavy atom. The van der Waals surface area contributed by atoms with Crippen molar-refractivity contribution in [1.82, 2.24) is 15.3 Å². The quantitative estimate of drug-likeness (QED) is 0.500. The number of amides is 3. The van der Waals surface area contributed by atoms with Gasteiger partial charge in [0, 0.05) is 18.8 Å². The number of rotatable bonds is 6. The predicted molar refractivity (Wildman–Crippen MR) is 120 cm³/mol. The lowest BCUT2D eigenvalue weighted by molar-refractivity contribution is -0.163. The monoisotopic (exact) mass is 451 g/mol. The van der Waals surface area contributed by atoms with Crippen LogP contribution in [0, 0.1) is 6.92 Å². The van der Waals surface area contributed by atoms with E-state index in [0.717, 1.165) is 16.3 Å². The van der Waals surface area contributed by atoms with Crippen LogP contribution in [0.5, 0.6) is 0 Å². The lowest BCUT2D eigenvalue weighted by Crippen LogP contribution is -2.68. The molecule has 4 rings (SSSR count). The van der Waals surface area contributed by atoms with Crippen LogP contribution in [0.4, 0.5) is 11.4 Å². The van der Waals surface area contributed by atoms with E-state index in [1.54, 1.807) is 25.1 Å². The maximum atomic E-state index is 12.7. The minimum Gasteiger partial charge on any atom is -0.462 e. The highest BCUT2D eigenvalue weighted by Gasteiger charge is 2.45. The van der Waals surface area contributed by atoms with E-state index in [9.17, 15) is 19.2 Å². The largest absolute Gasteiger partial charge is 0.462 e. The average molecular weight is 451 g/mol. The van der Waals surface area contributed by atoms with Gasteiger partial charge in [-0.2, -0.15) is 5.43 Å². The minimum atomic E-state index is -0.814. The molecule has 2 aromatic carbocycles. The van der Waals surface area contributed by atoms with Crippen molar-refractivity contribution in [1.29, 1.82) is 0 Å². The van der Waals surface area contributed by atoms with Gasteiger partial charge >= 0.3 is 17.8 Å². The molecule has 10 nitrogen and oxygen atoms in total. The Labute approximate surface area is 191 Å². The summed E-state index contributed by atoms with van der Waals surface area (Å²) in [5.74, 6) is -2.61. The van der Waals surface area contributed by atoms with Crippen molar-refractivity contribution in [2.75, 3.05) is 36.5 Å². The molecule has 0 aliphatic carbocycles. The number of hydrogen-bond donors (Lipinski definition) is 2. The van der Waals surface area contributed by atoms with Crippen molar-refractivity contribution in [2.45, 2.75) is 20.1 Å². The van der Waals surface area contributed by atoms with Crippen LogP contribution in [-0.2, 0) is 19.1 Å². The first-order chi connectivity index (χ1) is 15.9. The summed E-state index contributed by atoms with van der Waals surface area (Å²) in [6.45, 7) is 4.41. The van der Waals surface area contributed by atoms with Crippen molar-refractivity contribution in [3.63, 3.8) is 0 Å². The standard InChI is InChI=1S/C23H25N5O5/c1-3-33-22(32)17-6-4-5-7-18(17)24-19(29)14-28-21(31)20(30)27-13-12-26(23(27)25-28)16-10-8-15(2)9-11-16/h4-11,23,25H,3,12-14H2,1-2H3,(H,24,29). The van der Waals surface area contributed by atoms with Gasteiger partial charge < -0.3 is 15.0 Å². The molecule has 2 aliphatic rings. The number of anilines is 2. The molecular formula is C23H25N5O5. The summed E-state index contributed by atoms with van der Waals surface area (Å²) >= 11 is 0. The van der Waals surface area contributed by atoms with Crippen LogP contribution in [0.3, 0.4) is 0 Å². The molecule has 172 valence electrons. The van der Waals surface area contributed by atoms with Gasteiger partial charge in [0.1, 0.15) is 6.54 Å². The van der Waals surface area contributed by atoms with Crippen molar-refractivity contribution in [2.24, 2.45) is 0 Å². The van der Waals surface area contributed by atoms with Gasteiger partial charge in [0.2, 0.25) is 5.91 Å². The Kier molecular flexibility index (Phi) is 6.27. The maximum absolute atomic E-state index is 12.7. The second-order valence-corrected chi connectivity index (χ2v) is 7.74. The van der Waals surface area contributed by atoms with E-state index in [-0.39, 0.29) is 17.9 Å². The van der Waals surface area contributed by atoms with Gasteiger partial charge in [0.15, 0.2) is 6.29 Å². The number of hydrazine groups is 1. The van der Waals surface area contributed by atoms with Crippen LogP contribution >= 0.6 is 0 Å². The average Bonchev–Trinajstić information content (AvgIpc) is 3.22. The number of aryl methyl sites for hydroxylation is 1. The van der Waals surface area contributed by atoms with E-state index in [0.29, 0.717) is 13.1 Å². The molecule has 2 aliphatic heterocycles. The summed E-state index contributed by atoms with van der Waals surface area (Å²) in [4.78, 5) is 53.5. The fourth-order valence-electron chi connectivity index (χ4n) is 3.85. The Hall–Kier alpha value is -3.92. The first kappa shape index (κ1) is 22.3. The summed E-state index contributed by atoms with van der Waals surface area (Å²) < 4.78 is 5.02. The van der Waals surface area contributed by atoms with Crippen LogP contribution in [0.15, 0.2) is 48.5 Å². The van der Waals surface area contributed by atoms with E-state index >= 15 is 0 Å². The molecule has 33 heavy (non-hydrogen) atoms. The van der Waals surface area contributed by atoms with Gasteiger partial charge in [0.25, 0.3) is 0 Å². The van der Waals surface area contributed by atoms with Gasteiger partial charge in [0.05, 0.1) is 17.9 Å². The third kappa shape index (κ3) is 4.51. The Morgan fingerprint density at radius 3 is 2.45 bits per heavy atom. The van der Waals surface area contributed by atoms with Crippen molar-refractivity contribution in [3.05, 3.63) is 59.7 Å². The topological polar surface area (TPSA) is 111 Å². The maximum Gasteiger partial charge on any atom is 0.340 e. The molecule has 1 unspecified atom stereocenters. The molecule has 0 radical (unpaired) electrons. The summed E-state index contributed by atoms with van der Waals surface area (Å²) in [5, 5.41) is 3.64. The molecule has 1 atom stereocenters. The normalized spacial score (nSPS) is 17.8. The summed E-state index contributed by atoms with van der Waals surface area (Å²) in [5.41, 5.74) is 5.47. The first-order valence-corrected chi connectivity index (χ1v) is 10.7. The number of ether oxygens (including phenoxy) is 1. The molecule has 2 N–H and O–H groups in total. The zero-order valence-electron chi connectivity index (χ0n) is 18.4. The molecule has 10 heteroatoms. The highest BCUT2D eigenvalue weighted by molar-refractivity contribution is 6.35. The lowest BCUT2D eigenvalue weighted by Gasteiger charge is -2.40. The second kappa shape index (κ2) is 9.29. The molecule has 0 bridgehead atoms. The van der Waals surface area contributed by atoms with Gasteiger partial charge in [-0.1, -0.05) is 29.8 Å². The van der Waals surface area contributed by atoms with Crippen molar-refractivity contribution in [3.8, 4) is 0 Å². The van der Waals surface area contributed by atoms with Crippen LogP contribution in [-0.4, -0.2) is 66.1 Å². The first-order valence-electron chi connectivity index (χ1n) is 10.7. The number of benzene rings is 2. The predicted octanol–water partition coefficient (Wildman–Crippen LogP) is 1.09. The van der Waals surface area contributed by atoms with Crippen LogP contribution in [0.25, 0.3) is 0 Å². The molecular weight excluding hydrogens is 426 g/mol.